The zero-order valence-electron chi connectivity index (χ0n) is 10.4. The Morgan fingerprint density at radius 2 is 2.29 bits per heavy atom. The Morgan fingerprint density at radius 1 is 1.53 bits per heavy atom. The van der Waals surface area contributed by atoms with Crippen molar-refractivity contribution in [1.82, 2.24) is 15.1 Å². The molecule has 0 atom stereocenters. The SMILES string of the molecule is CC(C)(C)OC(=O)N1CC=C(c2cc[nH]n2)C1. The highest BCUT2D eigenvalue weighted by Gasteiger charge is 2.26. The van der Waals surface area contributed by atoms with Crippen molar-refractivity contribution in [1.29, 1.82) is 0 Å². The minimum Gasteiger partial charge on any atom is -0.444 e. The molecule has 92 valence electrons. The van der Waals surface area contributed by atoms with E-state index < -0.39 is 5.60 Å². The largest absolute Gasteiger partial charge is 0.444 e. The van der Waals surface area contributed by atoms with Crippen LogP contribution in [0.1, 0.15) is 26.5 Å². The van der Waals surface area contributed by atoms with Gasteiger partial charge in [0.2, 0.25) is 0 Å². The first kappa shape index (κ1) is 11.7. The Hall–Kier alpha value is -1.78. The number of H-pyrrole nitrogens is 1. The molecule has 1 amide bonds. The molecule has 0 saturated heterocycles. The Bertz CT molecular complexity index is 429. The summed E-state index contributed by atoms with van der Waals surface area (Å²) in [6, 6.07) is 1.89. The molecule has 0 unspecified atom stereocenters. The normalized spacial score (nSPS) is 15.9. The van der Waals surface area contributed by atoms with E-state index in [1.165, 1.54) is 0 Å². The smallest absolute Gasteiger partial charge is 0.410 e. The zero-order valence-corrected chi connectivity index (χ0v) is 10.4. The number of nitrogens with one attached hydrogen (secondary N) is 1. The highest BCUT2D eigenvalue weighted by atomic mass is 16.6. The maximum absolute atomic E-state index is 11.8. The number of nitrogens with zero attached hydrogens (tertiary/aromatic N) is 2. The van der Waals surface area contributed by atoms with Crippen LogP contribution in [0.4, 0.5) is 4.79 Å². The van der Waals surface area contributed by atoms with Crippen molar-refractivity contribution < 1.29 is 9.53 Å². The fraction of sp³-hybridized carbons (Fsp3) is 0.500. The van der Waals surface area contributed by atoms with Gasteiger partial charge in [-0.05, 0) is 32.4 Å². The third-order valence-corrected chi connectivity index (χ3v) is 2.40. The molecule has 1 aliphatic heterocycles. The first-order valence-corrected chi connectivity index (χ1v) is 5.63. The summed E-state index contributed by atoms with van der Waals surface area (Å²) in [6.07, 6.45) is 3.49. The number of hydrogen-bond acceptors (Lipinski definition) is 3. The van der Waals surface area contributed by atoms with Gasteiger partial charge in [0.15, 0.2) is 0 Å². The summed E-state index contributed by atoms with van der Waals surface area (Å²) in [7, 11) is 0. The number of aromatic nitrogens is 2. The number of hydrogen-bond donors (Lipinski definition) is 1. The van der Waals surface area contributed by atoms with Gasteiger partial charge in [0.25, 0.3) is 0 Å². The first-order valence-electron chi connectivity index (χ1n) is 5.63. The van der Waals surface area contributed by atoms with Crippen LogP contribution >= 0.6 is 0 Å². The van der Waals surface area contributed by atoms with Gasteiger partial charge in [0.05, 0.1) is 12.2 Å². The Balaban J connectivity index is 1.95. The number of carbonyl (C=O) groups excluding carboxylic acids is 1. The van der Waals surface area contributed by atoms with Crippen LogP contribution in [0.15, 0.2) is 18.3 Å². The van der Waals surface area contributed by atoms with Crippen molar-refractivity contribution in [2.45, 2.75) is 26.4 Å². The molecule has 1 aromatic heterocycles. The molecule has 0 bridgehead atoms. The third kappa shape index (κ3) is 2.87. The lowest BCUT2D eigenvalue weighted by atomic mass is 10.2. The second-order valence-corrected chi connectivity index (χ2v) is 5.05. The number of amides is 1. The van der Waals surface area contributed by atoms with Gasteiger partial charge in [0, 0.05) is 12.7 Å². The van der Waals surface area contributed by atoms with E-state index >= 15 is 0 Å². The van der Waals surface area contributed by atoms with Crippen LogP contribution in [-0.2, 0) is 4.74 Å². The van der Waals surface area contributed by atoms with Crippen molar-refractivity contribution in [3.05, 3.63) is 24.0 Å². The lowest BCUT2D eigenvalue weighted by molar-refractivity contribution is 0.0306. The number of rotatable bonds is 1. The van der Waals surface area contributed by atoms with Crippen LogP contribution in [0, 0.1) is 0 Å². The zero-order chi connectivity index (χ0) is 12.5. The standard InChI is InChI=1S/C12H17N3O2/c1-12(2,3)17-11(16)15-7-5-9(8-15)10-4-6-13-14-10/h4-6H,7-8H2,1-3H3,(H,13,14). The van der Waals surface area contributed by atoms with Gasteiger partial charge in [-0.1, -0.05) is 6.08 Å². The minimum absolute atomic E-state index is 0.278. The Kier molecular flexibility index (Phi) is 2.92. The molecular formula is C12H17N3O2. The van der Waals surface area contributed by atoms with E-state index in [0.717, 1.165) is 11.3 Å². The molecule has 0 radical (unpaired) electrons. The molecular weight excluding hydrogens is 218 g/mol. The van der Waals surface area contributed by atoms with Gasteiger partial charge >= 0.3 is 6.09 Å². The molecule has 0 aromatic carbocycles. The molecule has 1 aromatic rings. The summed E-state index contributed by atoms with van der Waals surface area (Å²) in [4.78, 5) is 13.5. The maximum Gasteiger partial charge on any atom is 0.410 e. The van der Waals surface area contributed by atoms with Crippen LogP contribution in [0.25, 0.3) is 5.57 Å². The van der Waals surface area contributed by atoms with Crippen LogP contribution in [0.2, 0.25) is 0 Å². The van der Waals surface area contributed by atoms with Crippen LogP contribution in [-0.4, -0.2) is 39.9 Å². The Labute approximate surface area is 100 Å². The van der Waals surface area contributed by atoms with Gasteiger partial charge in [-0.15, -0.1) is 0 Å². The quantitative estimate of drug-likeness (QED) is 0.810. The molecule has 1 N–H and O–H groups in total. The molecule has 5 nitrogen and oxygen atoms in total. The molecule has 0 spiro atoms. The van der Waals surface area contributed by atoms with Crippen LogP contribution in [0.5, 0.6) is 0 Å². The predicted molar refractivity (Wildman–Crippen MR) is 64.4 cm³/mol. The molecule has 2 rings (SSSR count). The van der Waals surface area contributed by atoms with E-state index in [4.69, 9.17) is 4.74 Å². The van der Waals surface area contributed by atoms with E-state index in [0.29, 0.717) is 13.1 Å². The van der Waals surface area contributed by atoms with Crippen molar-refractivity contribution in [3.8, 4) is 0 Å². The number of aromatic amines is 1. The predicted octanol–water partition coefficient (Wildman–Crippen LogP) is 2.04. The second-order valence-electron chi connectivity index (χ2n) is 5.05. The minimum atomic E-state index is -0.452. The van der Waals surface area contributed by atoms with Gasteiger partial charge in [-0.25, -0.2) is 4.79 Å². The second kappa shape index (κ2) is 4.24. The highest BCUT2D eigenvalue weighted by molar-refractivity contribution is 5.76. The van der Waals surface area contributed by atoms with Gasteiger partial charge < -0.3 is 9.64 Å². The topological polar surface area (TPSA) is 58.2 Å². The third-order valence-electron chi connectivity index (χ3n) is 2.40. The molecule has 5 heteroatoms. The maximum atomic E-state index is 11.8. The monoisotopic (exact) mass is 235 g/mol. The van der Waals surface area contributed by atoms with Crippen LogP contribution < -0.4 is 0 Å². The molecule has 0 saturated carbocycles. The van der Waals surface area contributed by atoms with E-state index in [1.54, 1.807) is 11.1 Å². The van der Waals surface area contributed by atoms with Gasteiger partial charge in [-0.3, -0.25) is 5.10 Å². The number of ether oxygens (including phenoxy) is 1. The Morgan fingerprint density at radius 3 is 2.88 bits per heavy atom. The van der Waals surface area contributed by atoms with Crippen molar-refractivity contribution >= 4 is 11.7 Å². The molecule has 1 aliphatic rings. The van der Waals surface area contributed by atoms with Gasteiger partial charge in [0.1, 0.15) is 5.60 Å². The average molecular weight is 235 g/mol. The van der Waals surface area contributed by atoms with E-state index in [2.05, 4.69) is 10.2 Å². The fourth-order valence-corrected chi connectivity index (χ4v) is 1.65. The highest BCUT2D eigenvalue weighted by Crippen LogP contribution is 2.20. The molecule has 17 heavy (non-hydrogen) atoms. The summed E-state index contributed by atoms with van der Waals surface area (Å²) in [5, 5.41) is 6.86. The molecule has 0 aliphatic carbocycles. The van der Waals surface area contributed by atoms with Crippen molar-refractivity contribution in [2.75, 3.05) is 13.1 Å². The van der Waals surface area contributed by atoms with E-state index in [-0.39, 0.29) is 6.09 Å². The number of carbonyl (C=O) groups is 1. The van der Waals surface area contributed by atoms with Crippen molar-refractivity contribution in [2.24, 2.45) is 0 Å². The fourth-order valence-electron chi connectivity index (χ4n) is 1.65. The summed E-state index contributed by atoms with van der Waals surface area (Å²) in [6.45, 7) is 6.73. The summed E-state index contributed by atoms with van der Waals surface area (Å²) < 4.78 is 5.31. The van der Waals surface area contributed by atoms with Gasteiger partial charge in [-0.2, -0.15) is 5.10 Å². The molecule has 2 heterocycles. The molecule has 0 fully saturated rings. The van der Waals surface area contributed by atoms with Crippen LogP contribution in [0.3, 0.4) is 0 Å². The lowest BCUT2D eigenvalue weighted by Gasteiger charge is -2.24. The summed E-state index contributed by atoms with van der Waals surface area (Å²) in [5.41, 5.74) is 1.49. The first-order chi connectivity index (χ1) is 7.96. The van der Waals surface area contributed by atoms with E-state index in [1.807, 2.05) is 32.9 Å². The van der Waals surface area contributed by atoms with Crippen molar-refractivity contribution in [3.63, 3.8) is 0 Å². The summed E-state index contributed by atoms with van der Waals surface area (Å²) in [5.74, 6) is 0. The average Bonchev–Trinajstić information content (AvgIpc) is 2.86. The summed E-state index contributed by atoms with van der Waals surface area (Å²) >= 11 is 0. The van der Waals surface area contributed by atoms with E-state index in [9.17, 15) is 4.79 Å². The lowest BCUT2D eigenvalue weighted by Crippen LogP contribution is -2.35.